The van der Waals surface area contributed by atoms with Crippen LogP contribution in [0.2, 0.25) is 19.6 Å². The molecule has 1 unspecified atom stereocenters. The summed E-state index contributed by atoms with van der Waals surface area (Å²) in [4.78, 5) is 4.92. The molecular weight excluding hydrogens is 844 g/mol. The van der Waals surface area contributed by atoms with E-state index < -0.39 is 8.07 Å². The summed E-state index contributed by atoms with van der Waals surface area (Å²) in [7, 11) is 0.940. The quantitative estimate of drug-likeness (QED) is 0.109. The van der Waals surface area contributed by atoms with Gasteiger partial charge in [0.2, 0.25) is 7.28 Å². The molecule has 1 aromatic heterocycles. The van der Waals surface area contributed by atoms with E-state index in [2.05, 4.69) is 237 Å². The Bertz CT molecular complexity index is 2410. The first-order valence-electron chi connectivity index (χ1n) is 25.3. The van der Waals surface area contributed by atoms with Gasteiger partial charge in [-0.3, -0.25) is 0 Å². The minimum absolute atomic E-state index is 0.0774. The highest BCUT2D eigenvalue weighted by molar-refractivity contribution is 7.28. The van der Waals surface area contributed by atoms with Crippen LogP contribution in [0.25, 0.3) is 10.1 Å². The lowest BCUT2D eigenvalue weighted by atomic mass is 9.63. The van der Waals surface area contributed by atoms with Crippen molar-refractivity contribution in [2.45, 2.75) is 159 Å². The van der Waals surface area contributed by atoms with Crippen molar-refractivity contribution in [2.75, 3.05) is 11.4 Å². The average molecular weight is 932 g/mol. The van der Waals surface area contributed by atoms with Crippen LogP contribution >= 0.6 is 11.3 Å². The number of anilines is 1. The second-order valence-corrected chi connectivity index (χ2v) is 28.9. The zero-order chi connectivity index (χ0) is 49.9. The number of nitrogens with zero attached hydrogens (tertiary/aromatic N) is 2. The summed E-state index contributed by atoms with van der Waals surface area (Å²) < 4.78 is 2.56. The Morgan fingerprint density at radius 3 is 2.16 bits per heavy atom. The fourth-order valence-corrected chi connectivity index (χ4v) is 10.9. The van der Waals surface area contributed by atoms with E-state index in [1.54, 1.807) is 0 Å². The maximum absolute atomic E-state index is 4.40. The van der Waals surface area contributed by atoms with E-state index >= 15 is 0 Å². The Morgan fingerprint density at radius 2 is 1.61 bits per heavy atom. The first kappa shape index (κ1) is 55.3. The molecule has 0 N–H and O–H groups in total. The molecule has 2 nitrogen and oxygen atoms in total. The molecule has 0 saturated heterocycles. The summed E-state index contributed by atoms with van der Waals surface area (Å²) >= 11 is 1.91. The van der Waals surface area contributed by atoms with Gasteiger partial charge in [-0.2, -0.15) is 0 Å². The Morgan fingerprint density at radius 1 is 0.940 bits per heavy atom. The predicted octanol–water partition coefficient (Wildman–Crippen LogP) is 18.0. The molecule has 0 fully saturated rings. The van der Waals surface area contributed by atoms with Gasteiger partial charge < -0.3 is 9.80 Å². The molecule has 0 amide bonds. The van der Waals surface area contributed by atoms with E-state index in [0.29, 0.717) is 12.5 Å². The van der Waals surface area contributed by atoms with E-state index in [1.165, 1.54) is 74.9 Å². The molecule has 2 aromatic rings. The molecular formula is C62H88BN2SSi. The van der Waals surface area contributed by atoms with Gasteiger partial charge in [0.15, 0.2) is 0 Å². The van der Waals surface area contributed by atoms with E-state index in [0.717, 1.165) is 34.7 Å². The normalized spacial score (nSPS) is 20.2. The third kappa shape index (κ3) is 14.6. The van der Waals surface area contributed by atoms with Crippen LogP contribution in [0, 0.1) is 17.3 Å². The molecule has 1 aliphatic heterocycles. The molecule has 2 aliphatic rings. The molecule has 1 aromatic carbocycles. The largest absolute Gasteiger partial charge is 0.337 e. The number of benzene rings is 1. The third-order valence-corrected chi connectivity index (χ3v) is 15.7. The van der Waals surface area contributed by atoms with Crippen LogP contribution in [-0.2, 0) is 10.8 Å². The second kappa shape index (κ2) is 23.8. The predicted molar refractivity (Wildman–Crippen MR) is 309 cm³/mol. The zero-order valence-electron chi connectivity index (χ0n) is 45.0. The summed E-state index contributed by atoms with van der Waals surface area (Å²) in [5.74, 6) is 3.13. The minimum Gasteiger partial charge on any atom is -0.337 e. The van der Waals surface area contributed by atoms with Crippen molar-refractivity contribution in [1.82, 2.24) is 4.90 Å². The van der Waals surface area contributed by atoms with Crippen LogP contribution in [0.4, 0.5) is 5.69 Å². The minimum atomic E-state index is -1.44. The lowest BCUT2D eigenvalue weighted by Gasteiger charge is -2.42. The van der Waals surface area contributed by atoms with Crippen molar-refractivity contribution in [3.8, 4) is 0 Å². The van der Waals surface area contributed by atoms with Crippen LogP contribution in [0.15, 0.2) is 168 Å². The van der Waals surface area contributed by atoms with E-state index in [4.69, 9.17) is 0 Å². The molecule has 1 radical (unpaired) electrons. The van der Waals surface area contributed by atoms with Gasteiger partial charge in [-0.25, -0.2) is 0 Å². The first-order chi connectivity index (χ1) is 31.4. The lowest BCUT2D eigenvalue weighted by Crippen LogP contribution is -2.33. The molecule has 5 heteroatoms. The highest BCUT2D eigenvalue weighted by atomic mass is 32.1. The van der Waals surface area contributed by atoms with Gasteiger partial charge in [-0.1, -0.05) is 201 Å². The molecule has 1 atom stereocenters. The highest BCUT2D eigenvalue weighted by Crippen LogP contribution is 2.49. The average Bonchev–Trinajstić information content (AvgIpc) is 3.61. The molecule has 359 valence electrons. The fourth-order valence-electron chi connectivity index (χ4n) is 9.11. The Labute approximate surface area is 416 Å². The number of hydrogen-bond acceptors (Lipinski definition) is 3. The van der Waals surface area contributed by atoms with E-state index in [-0.39, 0.29) is 22.2 Å². The first-order valence-corrected chi connectivity index (χ1v) is 29.6. The second-order valence-electron chi connectivity index (χ2n) is 22.7. The van der Waals surface area contributed by atoms with Crippen LogP contribution in [0.5, 0.6) is 0 Å². The van der Waals surface area contributed by atoms with Crippen LogP contribution in [-0.4, -0.2) is 26.8 Å². The SMILES string of the molecule is C=C/C=C1\C=C\N(C(=C/C)/C(=C\CC(C)(C)C)C(/C=C)=C/C=C/[Si](C)(C)C)C(/C=C(\C=C)C(C)C)=C\[B]c2sc3cc4c(cc3c2N1C/C=C\C(=C/C)C(C)CCCC)C(C)(C)CCC4(C)C. The van der Waals surface area contributed by atoms with Crippen molar-refractivity contribution >= 4 is 47.2 Å². The highest BCUT2D eigenvalue weighted by Gasteiger charge is 2.38. The van der Waals surface area contributed by atoms with Gasteiger partial charge in [0.1, 0.15) is 0 Å². The number of fused-ring (bicyclic) bond motifs is 4. The van der Waals surface area contributed by atoms with Crippen molar-refractivity contribution < 1.29 is 0 Å². The maximum atomic E-state index is 4.40. The summed E-state index contributed by atoms with van der Waals surface area (Å²) in [6.45, 7) is 51.1. The van der Waals surface area contributed by atoms with Gasteiger partial charge >= 0.3 is 0 Å². The summed E-state index contributed by atoms with van der Waals surface area (Å²) in [5.41, 5.74) is 14.9. The smallest absolute Gasteiger partial charge is 0.200 e. The fraction of sp³-hybridized carbons (Fsp3) is 0.452. The summed E-state index contributed by atoms with van der Waals surface area (Å²) in [5, 5.41) is 1.31. The molecule has 0 bridgehead atoms. The van der Waals surface area contributed by atoms with Crippen molar-refractivity contribution in [1.29, 1.82) is 0 Å². The standard InChI is InChI=1S/C62H88BN2SSi/c1-20-26-30-46(9)47(22-3)31-27-38-65-50(29-21-2)34-39-64(56(25-6)52(33-35-60(10,11)12)48(23-4)32-28-40-67(17,18)19)51(41-49(24-5)45(7)8)44-63-59-58(65)53-42-54-55(43-57(53)66-59)62(15,16)37-36-61(54,13)14/h21-25,27-29,31-34,39-46H,2,4-5,20,26,30,35-38H2,1,3,6-19H3/b31-27-,39-34+,40-28+,47-22+,48-32+,49-41+,50-29+,51-44-,52-33-,56-25+. The molecule has 4 rings (SSSR count). The lowest BCUT2D eigenvalue weighted by molar-refractivity contribution is 0.332. The van der Waals surface area contributed by atoms with Gasteiger partial charge in [0, 0.05) is 45.5 Å². The third-order valence-electron chi connectivity index (χ3n) is 13.4. The number of rotatable bonds is 18. The molecule has 2 heterocycles. The number of allylic oxidation sites excluding steroid dienone is 15. The molecule has 0 spiro atoms. The number of unbranched alkanes of at least 4 members (excludes halogenated alkanes) is 1. The Kier molecular flexibility index (Phi) is 19.6. The van der Waals surface area contributed by atoms with Crippen molar-refractivity contribution in [2.24, 2.45) is 17.3 Å². The molecule has 0 saturated carbocycles. The van der Waals surface area contributed by atoms with Gasteiger partial charge in [0.05, 0.1) is 13.8 Å². The Balaban J connectivity index is 2.17. The van der Waals surface area contributed by atoms with E-state index in [1.807, 2.05) is 29.6 Å². The number of hydrogen-bond donors (Lipinski definition) is 0. The number of thiophene rings is 1. The summed E-state index contributed by atoms with van der Waals surface area (Å²) in [6, 6.07) is 5.10. The van der Waals surface area contributed by atoms with Crippen LogP contribution < -0.4 is 9.68 Å². The van der Waals surface area contributed by atoms with Crippen LogP contribution in [0.3, 0.4) is 0 Å². The van der Waals surface area contributed by atoms with Gasteiger partial charge in [-0.15, -0.1) is 11.3 Å². The topological polar surface area (TPSA) is 6.48 Å². The molecule has 1 aliphatic carbocycles. The molecule has 67 heavy (non-hydrogen) atoms. The van der Waals surface area contributed by atoms with E-state index in [9.17, 15) is 0 Å². The van der Waals surface area contributed by atoms with Gasteiger partial charge in [0.25, 0.3) is 0 Å². The van der Waals surface area contributed by atoms with Gasteiger partial charge in [-0.05, 0) is 131 Å². The van der Waals surface area contributed by atoms with Crippen molar-refractivity contribution in [3.63, 3.8) is 0 Å². The monoisotopic (exact) mass is 932 g/mol. The summed E-state index contributed by atoms with van der Waals surface area (Å²) in [6.07, 6.45) is 38.3. The maximum Gasteiger partial charge on any atom is 0.200 e. The van der Waals surface area contributed by atoms with Crippen molar-refractivity contribution in [3.05, 3.63) is 179 Å². The zero-order valence-corrected chi connectivity index (χ0v) is 46.8. The Hall–Kier alpha value is -4.32. The van der Waals surface area contributed by atoms with Crippen LogP contribution in [0.1, 0.15) is 140 Å².